The van der Waals surface area contributed by atoms with Crippen LogP contribution in [0, 0.1) is 0 Å². The summed E-state index contributed by atoms with van der Waals surface area (Å²) in [5.74, 6) is 1.92. The van der Waals surface area contributed by atoms with Crippen molar-refractivity contribution in [1.29, 1.82) is 0 Å². The van der Waals surface area contributed by atoms with E-state index in [-0.39, 0.29) is 30.0 Å². The van der Waals surface area contributed by atoms with E-state index < -0.39 is 0 Å². The predicted octanol–water partition coefficient (Wildman–Crippen LogP) is 2.84. The van der Waals surface area contributed by atoms with Crippen LogP contribution in [-0.2, 0) is 11.2 Å². The molecule has 8 heteroatoms. The van der Waals surface area contributed by atoms with Gasteiger partial charge in [0.15, 0.2) is 17.5 Å². The molecule has 1 heterocycles. The molecule has 7 nitrogen and oxygen atoms in total. The van der Waals surface area contributed by atoms with Gasteiger partial charge in [-0.1, -0.05) is 36.4 Å². The molecule has 3 N–H and O–H groups in total. The van der Waals surface area contributed by atoms with E-state index in [1.807, 2.05) is 24.3 Å². The zero-order valence-electron chi connectivity index (χ0n) is 18.3. The summed E-state index contributed by atoms with van der Waals surface area (Å²) in [6.07, 6.45) is 0.808. The summed E-state index contributed by atoms with van der Waals surface area (Å²) in [7, 11) is 3.28. The van der Waals surface area contributed by atoms with Crippen LogP contribution in [0.15, 0.2) is 53.5 Å². The highest BCUT2D eigenvalue weighted by Gasteiger charge is 2.22. The lowest BCUT2D eigenvalue weighted by molar-refractivity contribution is 0.0180. The van der Waals surface area contributed by atoms with Crippen LogP contribution in [0.4, 0.5) is 0 Å². The minimum Gasteiger partial charge on any atom is -0.493 e. The molecule has 0 radical (unpaired) electrons. The third kappa shape index (κ3) is 7.55. The zero-order chi connectivity index (χ0) is 21.2. The Hall–Kier alpha value is -2.04. The minimum absolute atomic E-state index is 0. The molecule has 0 bridgehead atoms. The number of guanidine groups is 1. The average molecular weight is 540 g/mol. The highest BCUT2D eigenvalue weighted by molar-refractivity contribution is 14.0. The van der Waals surface area contributed by atoms with E-state index in [9.17, 15) is 0 Å². The van der Waals surface area contributed by atoms with Crippen molar-refractivity contribution in [1.82, 2.24) is 10.2 Å². The van der Waals surface area contributed by atoms with Gasteiger partial charge in [-0.15, -0.1) is 24.0 Å². The Morgan fingerprint density at radius 2 is 1.81 bits per heavy atom. The van der Waals surface area contributed by atoms with Crippen molar-refractivity contribution in [3.05, 3.63) is 59.7 Å². The number of nitrogens with two attached hydrogens (primary N) is 1. The molecule has 1 aliphatic heterocycles. The van der Waals surface area contributed by atoms with Crippen molar-refractivity contribution < 1.29 is 14.2 Å². The van der Waals surface area contributed by atoms with Gasteiger partial charge in [0.2, 0.25) is 0 Å². The molecule has 1 atom stereocenters. The molecule has 1 unspecified atom stereocenters. The predicted molar refractivity (Wildman–Crippen MR) is 135 cm³/mol. The molecule has 1 saturated heterocycles. The number of methoxy groups -OCH3 is 2. The van der Waals surface area contributed by atoms with E-state index in [1.165, 1.54) is 5.56 Å². The fourth-order valence-electron chi connectivity index (χ4n) is 3.61. The van der Waals surface area contributed by atoms with Gasteiger partial charge in [-0.3, -0.25) is 9.89 Å². The number of benzene rings is 2. The number of aliphatic imine (C=N–C) groups is 1. The molecular weight excluding hydrogens is 507 g/mol. The highest BCUT2D eigenvalue weighted by Crippen LogP contribution is 2.27. The number of hydrogen-bond donors (Lipinski definition) is 2. The number of halogens is 1. The Kier molecular flexibility index (Phi) is 10.9. The largest absolute Gasteiger partial charge is 0.493 e. The first kappa shape index (κ1) is 25.2. The van der Waals surface area contributed by atoms with E-state index >= 15 is 0 Å². The van der Waals surface area contributed by atoms with Crippen molar-refractivity contribution in [3.8, 4) is 11.5 Å². The average Bonchev–Trinajstić information content (AvgIpc) is 2.80. The van der Waals surface area contributed by atoms with Crippen molar-refractivity contribution in [2.45, 2.75) is 12.5 Å². The normalized spacial score (nSPS) is 15.6. The summed E-state index contributed by atoms with van der Waals surface area (Å²) in [6.45, 7) is 4.62. The number of ether oxygens (including phenoxy) is 3. The third-order valence-electron chi connectivity index (χ3n) is 5.27. The standard InChI is InChI=1S/C23H32N4O3.HI/c1-28-21-9-8-18(16-22(21)29-2)10-11-25-23(24)26-17-20(19-6-4-3-5-7-19)27-12-14-30-15-13-27;/h3-9,16,20H,10-15,17H2,1-2H3,(H3,24,25,26);1H. The van der Waals surface area contributed by atoms with Crippen molar-refractivity contribution in [3.63, 3.8) is 0 Å². The number of morpholine rings is 1. The van der Waals surface area contributed by atoms with Crippen LogP contribution in [0.2, 0.25) is 0 Å². The molecule has 0 aliphatic carbocycles. The number of nitrogens with zero attached hydrogens (tertiary/aromatic N) is 2. The van der Waals surface area contributed by atoms with E-state index in [2.05, 4.69) is 39.5 Å². The summed E-state index contributed by atoms with van der Waals surface area (Å²) in [4.78, 5) is 7.04. The van der Waals surface area contributed by atoms with E-state index in [0.29, 0.717) is 19.0 Å². The van der Waals surface area contributed by atoms with Gasteiger partial charge in [0.1, 0.15) is 0 Å². The molecule has 0 amide bonds. The molecule has 31 heavy (non-hydrogen) atoms. The van der Waals surface area contributed by atoms with E-state index in [0.717, 1.165) is 49.8 Å². The van der Waals surface area contributed by atoms with Gasteiger partial charge >= 0.3 is 0 Å². The lowest BCUT2D eigenvalue weighted by atomic mass is 10.1. The second-order valence-corrected chi connectivity index (χ2v) is 7.17. The first-order chi connectivity index (χ1) is 14.7. The van der Waals surface area contributed by atoms with Crippen molar-refractivity contribution in [2.24, 2.45) is 10.7 Å². The number of nitrogens with one attached hydrogen (secondary N) is 1. The first-order valence-corrected chi connectivity index (χ1v) is 10.3. The summed E-state index contributed by atoms with van der Waals surface area (Å²) >= 11 is 0. The quantitative estimate of drug-likeness (QED) is 0.289. The van der Waals surface area contributed by atoms with Crippen LogP contribution < -0.4 is 20.5 Å². The van der Waals surface area contributed by atoms with Gasteiger partial charge in [0, 0.05) is 19.6 Å². The van der Waals surface area contributed by atoms with Crippen LogP contribution >= 0.6 is 24.0 Å². The molecule has 170 valence electrons. The van der Waals surface area contributed by atoms with Gasteiger partial charge in [-0.2, -0.15) is 0 Å². The Bertz CT molecular complexity index is 814. The lowest BCUT2D eigenvalue weighted by Gasteiger charge is -2.34. The summed E-state index contributed by atoms with van der Waals surface area (Å²) < 4.78 is 16.2. The third-order valence-corrected chi connectivity index (χ3v) is 5.27. The SMILES string of the molecule is COc1ccc(CCNC(N)=NCC(c2ccccc2)N2CCOCC2)cc1OC.I. The second kappa shape index (κ2) is 13.4. The van der Waals surface area contributed by atoms with Crippen LogP contribution in [-0.4, -0.2) is 64.5 Å². The summed E-state index contributed by atoms with van der Waals surface area (Å²) in [6, 6.07) is 16.6. The maximum atomic E-state index is 6.15. The fourth-order valence-corrected chi connectivity index (χ4v) is 3.61. The van der Waals surface area contributed by atoms with Gasteiger partial charge in [0.05, 0.1) is 40.0 Å². The maximum absolute atomic E-state index is 6.15. The van der Waals surface area contributed by atoms with Crippen LogP contribution in [0.5, 0.6) is 11.5 Å². The van der Waals surface area contributed by atoms with Gasteiger partial charge in [-0.05, 0) is 29.7 Å². The highest BCUT2D eigenvalue weighted by atomic mass is 127. The van der Waals surface area contributed by atoms with Gasteiger partial charge < -0.3 is 25.3 Å². The Labute approximate surface area is 202 Å². The molecule has 1 aliphatic rings. The summed E-state index contributed by atoms with van der Waals surface area (Å²) in [5, 5.41) is 3.22. The van der Waals surface area contributed by atoms with Crippen LogP contribution in [0.1, 0.15) is 17.2 Å². The van der Waals surface area contributed by atoms with Crippen molar-refractivity contribution >= 4 is 29.9 Å². The lowest BCUT2D eigenvalue weighted by Crippen LogP contribution is -2.41. The topological polar surface area (TPSA) is 81.3 Å². The fraction of sp³-hybridized carbons (Fsp3) is 0.435. The Balaban J connectivity index is 0.00000341. The molecule has 1 fully saturated rings. The van der Waals surface area contributed by atoms with Gasteiger partial charge in [-0.25, -0.2) is 0 Å². The summed E-state index contributed by atoms with van der Waals surface area (Å²) in [5.41, 5.74) is 8.54. The molecule has 2 aromatic carbocycles. The molecule has 2 aromatic rings. The van der Waals surface area contributed by atoms with Gasteiger partial charge in [0.25, 0.3) is 0 Å². The Morgan fingerprint density at radius 1 is 1.10 bits per heavy atom. The first-order valence-electron chi connectivity index (χ1n) is 10.3. The van der Waals surface area contributed by atoms with E-state index in [4.69, 9.17) is 19.9 Å². The molecule has 3 rings (SSSR count). The zero-order valence-corrected chi connectivity index (χ0v) is 20.6. The number of hydrogen-bond acceptors (Lipinski definition) is 5. The van der Waals surface area contributed by atoms with Crippen LogP contribution in [0.3, 0.4) is 0 Å². The Morgan fingerprint density at radius 3 is 2.48 bits per heavy atom. The van der Waals surface area contributed by atoms with E-state index in [1.54, 1.807) is 14.2 Å². The monoisotopic (exact) mass is 540 g/mol. The molecule has 0 saturated carbocycles. The molecule has 0 aromatic heterocycles. The molecular formula is C23H33IN4O3. The maximum Gasteiger partial charge on any atom is 0.188 e. The molecule has 0 spiro atoms. The van der Waals surface area contributed by atoms with Crippen molar-refractivity contribution in [2.75, 3.05) is 53.6 Å². The number of rotatable bonds is 9. The second-order valence-electron chi connectivity index (χ2n) is 7.17. The minimum atomic E-state index is 0. The van der Waals surface area contributed by atoms with Crippen LogP contribution in [0.25, 0.3) is 0 Å². The smallest absolute Gasteiger partial charge is 0.188 e.